The van der Waals surface area contributed by atoms with E-state index in [1.807, 2.05) is 20.8 Å². The summed E-state index contributed by atoms with van der Waals surface area (Å²) in [5.74, 6) is -5.05. The van der Waals surface area contributed by atoms with E-state index in [-0.39, 0.29) is 47.4 Å². The van der Waals surface area contributed by atoms with E-state index in [1.165, 1.54) is 19.1 Å². The summed E-state index contributed by atoms with van der Waals surface area (Å²) in [6.07, 6.45) is -3.79. The summed E-state index contributed by atoms with van der Waals surface area (Å²) in [4.78, 5) is 24.9. The maximum atomic E-state index is 16.3. The van der Waals surface area contributed by atoms with E-state index in [0.29, 0.717) is 0 Å². The summed E-state index contributed by atoms with van der Waals surface area (Å²) in [6.45, 7) is 8.90. The number of nitrogens with zero attached hydrogens (tertiary/aromatic N) is 4. The number of hydrogen-bond donors (Lipinski definition) is 2. The number of alkyl halides is 2. The first kappa shape index (κ1) is 33.5. The molecule has 13 nitrogen and oxygen atoms in total. The van der Waals surface area contributed by atoms with E-state index in [2.05, 4.69) is 15.0 Å². The van der Waals surface area contributed by atoms with Gasteiger partial charge in [-0.25, -0.2) is 18.3 Å². The summed E-state index contributed by atoms with van der Waals surface area (Å²) in [5.41, 5.74) is 3.10. The minimum atomic E-state index is -4.36. The maximum Gasteiger partial charge on any atom is 0.380 e. The van der Waals surface area contributed by atoms with Gasteiger partial charge in [0.05, 0.1) is 31.6 Å². The second-order valence-electron chi connectivity index (χ2n) is 12.0. The van der Waals surface area contributed by atoms with Crippen LogP contribution >= 0.6 is 7.60 Å². The van der Waals surface area contributed by atoms with Crippen molar-refractivity contribution in [3.05, 3.63) is 36.7 Å². The van der Waals surface area contributed by atoms with E-state index in [1.54, 1.807) is 25.1 Å². The molecule has 3 heterocycles. The number of aliphatic hydroxyl groups is 1. The first-order valence-corrected chi connectivity index (χ1v) is 15.7. The van der Waals surface area contributed by atoms with Crippen molar-refractivity contribution in [2.24, 2.45) is 11.3 Å². The van der Waals surface area contributed by atoms with E-state index in [4.69, 9.17) is 29.0 Å². The van der Waals surface area contributed by atoms with Crippen LogP contribution in [-0.4, -0.2) is 74.2 Å². The molecule has 0 bridgehead atoms. The zero-order valence-corrected chi connectivity index (χ0v) is 26.3. The Bertz CT molecular complexity index is 1520. The molecule has 1 aliphatic heterocycles. The number of esters is 1. The Labute approximate surface area is 253 Å². The summed E-state index contributed by atoms with van der Waals surface area (Å²) in [5, 5.41) is 11.1. The number of fused-ring (bicyclic) bond motifs is 1. The van der Waals surface area contributed by atoms with Crippen LogP contribution in [0.5, 0.6) is 11.6 Å². The Hall–Kier alpha value is -3.39. The van der Waals surface area contributed by atoms with Crippen LogP contribution in [0.15, 0.2) is 36.7 Å². The van der Waals surface area contributed by atoms with Gasteiger partial charge in [-0.1, -0.05) is 45.9 Å². The first-order valence-electron chi connectivity index (χ1n) is 14.0. The zero-order valence-electron chi connectivity index (χ0n) is 25.4. The number of anilines is 1. The number of nitrogen functional groups attached to an aromatic ring is 1. The van der Waals surface area contributed by atoms with Gasteiger partial charge in [0.1, 0.15) is 18.0 Å². The average Bonchev–Trinajstić information content (AvgIpc) is 3.43. The van der Waals surface area contributed by atoms with Crippen molar-refractivity contribution in [1.29, 1.82) is 0 Å². The minimum absolute atomic E-state index is 0.00994. The van der Waals surface area contributed by atoms with Gasteiger partial charge in [0.15, 0.2) is 23.6 Å². The van der Waals surface area contributed by atoms with Crippen LogP contribution < -0.4 is 15.0 Å². The lowest BCUT2D eigenvalue weighted by molar-refractivity contribution is -0.192. The Morgan fingerprint density at radius 2 is 1.95 bits per heavy atom. The highest BCUT2D eigenvalue weighted by molar-refractivity contribution is 7.54. The predicted octanol–water partition coefficient (Wildman–Crippen LogP) is 4.61. The SMILES string of the molecule is CCOc1nc(N)nc2c1ncn2[C@@H]1O[C@](F)(COP(=O)(C[C@@H](C)C(=O)OCC(C)(C)C)Oc2ccccc2)[C@@H](F)[C@@]1(C)O. The van der Waals surface area contributed by atoms with Gasteiger partial charge in [0.25, 0.3) is 5.85 Å². The maximum absolute atomic E-state index is 16.3. The number of rotatable bonds is 12. The lowest BCUT2D eigenvalue weighted by atomic mass is 9.97. The molecule has 3 N–H and O–H groups in total. The van der Waals surface area contributed by atoms with Gasteiger partial charge in [-0.15, -0.1) is 0 Å². The van der Waals surface area contributed by atoms with Crippen LogP contribution in [0.25, 0.3) is 11.2 Å². The largest absolute Gasteiger partial charge is 0.476 e. The lowest BCUT2D eigenvalue weighted by Gasteiger charge is -2.27. The van der Waals surface area contributed by atoms with Crippen LogP contribution in [0.2, 0.25) is 0 Å². The molecule has 44 heavy (non-hydrogen) atoms. The van der Waals surface area contributed by atoms with Crippen LogP contribution in [0, 0.1) is 11.3 Å². The number of carbonyl (C=O) groups excluding carboxylic acids is 1. The lowest BCUT2D eigenvalue weighted by Crippen LogP contribution is -2.46. The molecule has 0 aliphatic carbocycles. The molecule has 2 aromatic heterocycles. The molecule has 242 valence electrons. The van der Waals surface area contributed by atoms with Gasteiger partial charge in [0, 0.05) is 0 Å². The fourth-order valence-corrected chi connectivity index (χ4v) is 6.34. The van der Waals surface area contributed by atoms with Crippen molar-refractivity contribution in [2.45, 2.75) is 65.4 Å². The summed E-state index contributed by atoms with van der Waals surface area (Å²) in [6, 6.07) is 7.89. The Morgan fingerprint density at radius 3 is 2.59 bits per heavy atom. The molecule has 0 spiro atoms. The van der Waals surface area contributed by atoms with E-state index >= 15 is 8.78 Å². The van der Waals surface area contributed by atoms with Gasteiger partial charge >= 0.3 is 13.6 Å². The van der Waals surface area contributed by atoms with Crippen molar-refractivity contribution in [1.82, 2.24) is 19.5 Å². The molecular weight excluding hydrogens is 603 g/mol. The van der Waals surface area contributed by atoms with Crippen molar-refractivity contribution >= 4 is 30.7 Å². The minimum Gasteiger partial charge on any atom is -0.476 e. The van der Waals surface area contributed by atoms with Crippen LogP contribution in [-0.2, 0) is 23.4 Å². The Morgan fingerprint density at radius 1 is 1.27 bits per heavy atom. The highest BCUT2D eigenvalue weighted by Gasteiger charge is 2.65. The molecule has 0 saturated carbocycles. The topological polar surface area (TPSA) is 170 Å². The van der Waals surface area contributed by atoms with E-state index in [0.717, 1.165) is 17.8 Å². The Balaban J connectivity index is 1.59. The van der Waals surface area contributed by atoms with Gasteiger partial charge < -0.3 is 29.6 Å². The number of benzene rings is 1. The number of para-hydroxylation sites is 1. The molecule has 6 atom stereocenters. The van der Waals surface area contributed by atoms with Gasteiger partial charge in [-0.3, -0.25) is 13.9 Å². The molecule has 0 radical (unpaired) electrons. The molecule has 16 heteroatoms. The van der Waals surface area contributed by atoms with Crippen molar-refractivity contribution in [3.63, 3.8) is 0 Å². The summed E-state index contributed by atoms with van der Waals surface area (Å²) >= 11 is 0. The molecule has 1 fully saturated rings. The standard InChI is InChI=1S/C28H38F2N5O8P/c1-7-39-21-19-20(33-25(31)34-21)35(16-32-19)24-27(6,37)23(29)28(30,42-24)15-41-44(38,43-18-11-9-8-10-12-18)13-17(2)22(36)40-14-26(3,4)5/h8-12,16-17,23-24,37H,7,13-15H2,1-6H3,(H2,31,33,34)/t17-,23+,24-,27-,28-,44?/m1/s1. The zero-order chi connectivity index (χ0) is 32.5. The highest BCUT2D eigenvalue weighted by atomic mass is 31.2. The number of nitrogens with two attached hydrogens (primary N) is 1. The molecule has 1 unspecified atom stereocenters. The smallest absolute Gasteiger partial charge is 0.380 e. The monoisotopic (exact) mass is 641 g/mol. The molecular formula is C28H38F2N5O8P. The molecule has 1 saturated heterocycles. The Kier molecular flexibility index (Phi) is 9.55. The van der Waals surface area contributed by atoms with Gasteiger partial charge in [-0.2, -0.15) is 9.97 Å². The van der Waals surface area contributed by atoms with E-state index in [9.17, 15) is 14.5 Å². The average molecular weight is 642 g/mol. The van der Waals surface area contributed by atoms with Crippen LogP contribution in [0.4, 0.5) is 14.7 Å². The van der Waals surface area contributed by atoms with Gasteiger partial charge in [-0.05, 0) is 31.4 Å². The van der Waals surface area contributed by atoms with Gasteiger partial charge in [0.2, 0.25) is 11.8 Å². The number of carbonyl (C=O) groups is 1. The second-order valence-corrected chi connectivity index (χ2v) is 14.1. The molecule has 1 aliphatic rings. The molecule has 0 amide bonds. The number of aromatic nitrogens is 4. The second kappa shape index (κ2) is 12.5. The van der Waals surface area contributed by atoms with Crippen LogP contribution in [0.1, 0.15) is 47.8 Å². The third kappa shape index (κ3) is 7.28. The predicted molar refractivity (Wildman–Crippen MR) is 155 cm³/mol. The first-order chi connectivity index (χ1) is 20.5. The third-order valence-corrected chi connectivity index (χ3v) is 8.64. The van der Waals surface area contributed by atoms with E-state index < -0.39 is 56.1 Å². The third-order valence-electron chi connectivity index (χ3n) is 6.63. The summed E-state index contributed by atoms with van der Waals surface area (Å²) in [7, 11) is -4.36. The van der Waals surface area contributed by atoms with Crippen molar-refractivity contribution < 1.29 is 46.5 Å². The highest BCUT2D eigenvalue weighted by Crippen LogP contribution is 2.54. The van der Waals surface area contributed by atoms with Crippen LogP contribution in [0.3, 0.4) is 0 Å². The normalized spacial score (nSPS) is 25.8. The number of halogens is 2. The number of ether oxygens (including phenoxy) is 3. The molecule has 1 aromatic carbocycles. The molecule has 3 aromatic rings. The van der Waals surface area contributed by atoms with Crippen molar-refractivity contribution in [3.8, 4) is 11.6 Å². The molecule has 4 rings (SSSR count). The fourth-order valence-electron chi connectivity index (χ4n) is 4.47. The summed E-state index contributed by atoms with van der Waals surface area (Å²) < 4.78 is 74.4. The number of hydrogen-bond acceptors (Lipinski definition) is 12. The fraction of sp³-hybridized carbons (Fsp3) is 0.571. The number of imidazole rings is 1. The van der Waals surface area contributed by atoms with Crippen molar-refractivity contribution in [2.75, 3.05) is 31.7 Å². The quantitative estimate of drug-likeness (QED) is 0.208.